The van der Waals surface area contributed by atoms with Crippen molar-refractivity contribution in [3.63, 3.8) is 0 Å². The molecule has 0 unspecified atom stereocenters. The summed E-state index contributed by atoms with van der Waals surface area (Å²) >= 11 is 0. The standard InChI is InChI=1S/C24H27N5O2/c1-4-19(30)23(2,3)17-7-8-20(27-14-17)28-21-13-18(9-11-26-21)29-12-10-24(15-25,22(29)31)16-5-6-16/h7-9,11,13-14,16H,4-6,10,12H2,1-3H3,(H,26,27,28)/t24-/m1/s1. The van der Waals surface area contributed by atoms with E-state index in [1.807, 2.05) is 32.9 Å². The highest BCUT2D eigenvalue weighted by atomic mass is 16.2. The summed E-state index contributed by atoms with van der Waals surface area (Å²) < 4.78 is 0. The Morgan fingerprint density at radius 2 is 2.06 bits per heavy atom. The van der Waals surface area contributed by atoms with E-state index in [0.717, 1.165) is 24.1 Å². The molecule has 160 valence electrons. The third-order valence-corrected chi connectivity index (χ3v) is 6.65. The first-order valence-corrected chi connectivity index (χ1v) is 10.8. The molecule has 0 bridgehead atoms. The Hall–Kier alpha value is -3.27. The van der Waals surface area contributed by atoms with Crippen molar-refractivity contribution < 1.29 is 9.59 Å². The SMILES string of the molecule is CCC(=O)C(C)(C)c1ccc(Nc2cc(N3CC[C@@](C#N)(C4CC4)C3=O)ccn2)nc1. The van der Waals surface area contributed by atoms with Crippen LogP contribution in [0.25, 0.3) is 0 Å². The lowest BCUT2D eigenvalue weighted by atomic mass is 9.80. The van der Waals surface area contributed by atoms with Crippen molar-refractivity contribution in [1.82, 2.24) is 9.97 Å². The van der Waals surface area contributed by atoms with Gasteiger partial charge >= 0.3 is 0 Å². The van der Waals surface area contributed by atoms with Gasteiger partial charge in [-0.3, -0.25) is 9.59 Å². The Labute approximate surface area is 182 Å². The molecule has 2 fully saturated rings. The molecule has 1 saturated carbocycles. The minimum atomic E-state index is -0.864. The summed E-state index contributed by atoms with van der Waals surface area (Å²) in [5.41, 5.74) is 0.147. The fraction of sp³-hybridized carbons (Fsp3) is 0.458. The average molecular weight is 418 g/mol. The van der Waals surface area contributed by atoms with Crippen molar-refractivity contribution in [2.24, 2.45) is 11.3 Å². The number of rotatable bonds is 7. The van der Waals surface area contributed by atoms with Crippen LogP contribution in [0, 0.1) is 22.7 Å². The van der Waals surface area contributed by atoms with E-state index in [-0.39, 0.29) is 17.6 Å². The highest BCUT2D eigenvalue weighted by molar-refractivity contribution is 6.02. The molecule has 31 heavy (non-hydrogen) atoms. The topological polar surface area (TPSA) is 99.0 Å². The maximum Gasteiger partial charge on any atom is 0.247 e. The van der Waals surface area contributed by atoms with Gasteiger partial charge in [-0.2, -0.15) is 5.26 Å². The Morgan fingerprint density at radius 3 is 2.68 bits per heavy atom. The summed E-state index contributed by atoms with van der Waals surface area (Å²) in [5, 5.41) is 12.9. The maximum absolute atomic E-state index is 13.0. The van der Waals surface area contributed by atoms with Crippen LogP contribution in [-0.2, 0) is 15.0 Å². The maximum atomic E-state index is 13.0. The summed E-state index contributed by atoms with van der Waals surface area (Å²) in [4.78, 5) is 35.7. The molecule has 2 aromatic heterocycles. The van der Waals surface area contributed by atoms with E-state index in [2.05, 4.69) is 21.4 Å². The number of anilines is 3. The summed E-state index contributed by atoms with van der Waals surface area (Å²) in [6.45, 7) is 6.22. The molecule has 7 heteroatoms. The molecule has 1 atom stereocenters. The second kappa shape index (κ2) is 7.77. The molecule has 1 N–H and O–H groups in total. The number of carbonyl (C=O) groups is 2. The van der Waals surface area contributed by atoms with Gasteiger partial charge in [0.2, 0.25) is 5.91 Å². The molecule has 2 aliphatic rings. The minimum Gasteiger partial charge on any atom is -0.325 e. The molecule has 0 aromatic carbocycles. The van der Waals surface area contributed by atoms with Crippen molar-refractivity contribution in [3.8, 4) is 6.07 Å². The number of amides is 1. The van der Waals surface area contributed by atoms with E-state index >= 15 is 0 Å². The van der Waals surface area contributed by atoms with Gasteiger partial charge in [-0.05, 0) is 56.7 Å². The molecule has 2 aromatic rings. The molecule has 1 aliphatic heterocycles. The molecule has 0 radical (unpaired) electrons. The van der Waals surface area contributed by atoms with E-state index in [1.54, 1.807) is 29.4 Å². The van der Waals surface area contributed by atoms with Crippen molar-refractivity contribution >= 4 is 29.0 Å². The van der Waals surface area contributed by atoms with Gasteiger partial charge in [0.1, 0.15) is 22.8 Å². The number of nitrogens with zero attached hydrogens (tertiary/aromatic N) is 4. The molecular weight excluding hydrogens is 390 g/mol. The predicted molar refractivity (Wildman–Crippen MR) is 118 cm³/mol. The van der Waals surface area contributed by atoms with Crippen LogP contribution in [0.2, 0.25) is 0 Å². The molecule has 0 spiro atoms. The number of aromatic nitrogens is 2. The normalized spacial score (nSPS) is 21.1. The number of carbonyl (C=O) groups excluding carboxylic acids is 2. The Balaban J connectivity index is 1.50. The van der Waals surface area contributed by atoms with Crippen LogP contribution in [0.4, 0.5) is 17.3 Å². The lowest BCUT2D eigenvalue weighted by Gasteiger charge is -2.23. The van der Waals surface area contributed by atoms with Gasteiger partial charge in [0.25, 0.3) is 0 Å². The zero-order valence-corrected chi connectivity index (χ0v) is 18.2. The van der Waals surface area contributed by atoms with Crippen LogP contribution in [-0.4, -0.2) is 28.2 Å². The monoisotopic (exact) mass is 417 g/mol. The number of nitrogens with one attached hydrogen (secondary N) is 1. The Morgan fingerprint density at radius 1 is 1.29 bits per heavy atom. The van der Waals surface area contributed by atoms with E-state index in [9.17, 15) is 14.9 Å². The fourth-order valence-electron chi connectivity index (χ4n) is 4.36. The first-order chi connectivity index (χ1) is 14.8. The van der Waals surface area contributed by atoms with Gasteiger partial charge in [-0.1, -0.05) is 13.0 Å². The van der Waals surface area contributed by atoms with Gasteiger partial charge in [0.15, 0.2) is 0 Å². The minimum absolute atomic E-state index is 0.0973. The fourth-order valence-corrected chi connectivity index (χ4v) is 4.36. The summed E-state index contributed by atoms with van der Waals surface area (Å²) in [5.74, 6) is 1.43. The van der Waals surface area contributed by atoms with Gasteiger partial charge < -0.3 is 10.2 Å². The number of ketones is 1. The second-order valence-electron chi connectivity index (χ2n) is 8.92. The molecule has 4 rings (SSSR count). The zero-order valence-electron chi connectivity index (χ0n) is 18.2. The molecule has 1 aliphatic carbocycles. The third-order valence-electron chi connectivity index (χ3n) is 6.65. The number of hydrogen-bond acceptors (Lipinski definition) is 6. The lowest BCUT2D eigenvalue weighted by Crippen LogP contribution is -2.35. The van der Waals surface area contributed by atoms with Gasteiger partial charge in [0, 0.05) is 42.5 Å². The van der Waals surface area contributed by atoms with E-state index in [4.69, 9.17) is 0 Å². The molecule has 7 nitrogen and oxygen atoms in total. The van der Waals surface area contributed by atoms with E-state index < -0.39 is 10.8 Å². The third kappa shape index (κ3) is 3.67. The summed E-state index contributed by atoms with van der Waals surface area (Å²) in [7, 11) is 0. The summed E-state index contributed by atoms with van der Waals surface area (Å²) in [6.07, 6.45) is 6.32. The van der Waals surface area contributed by atoms with Crippen molar-refractivity contribution in [2.75, 3.05) is 16.8 Å². The zero-order chi connectivity index (χ0) is 22.2. The van der Waals surface area contributed by atoms with Crippen LogP contribution in [0.15, 0.2) is 36.7 Å². The Kier molecular flexibility index (Phi) is 5.26. The van der Waals surface area contributed by atoms with Gasteiger partial charge in [0.05, 0.1) is 6.07 Å². The Bertz CT molecular complexity index is 1050. The molecule has 1 saturated heterocycles. The average Bonchev–Trinajstić information content (AvgIpc) is 3.57. The highest BCUT2D eigenvalue weighted by Gasteiger charge is 2.56. The number of pyridine rings is 2. The largest absolute Gasteiger partial charge is 0.325 e. The van der Waals surface area contributed by atoms with Gasteiger partial charge in [-0.15, -0.1) is 0 Å². The number of hydrogen-bond donors (Lipinski definition) is 1. The predicted octanol–water partition coefficient (Wildman–Crippen LogP) is 4.13. The lowest BCUT2D eigenvalue weighted by molar-refractivity contribution is -0.124. The molecular formula is C24H27N5O2. The number of Topliss-reactive ketones (excluding diaryl/α,β-unsaturated/α-hetero) is 1. The van der Waals surface area contributed by atoms with Crippen LogP contribution < -0.4 is 10.2 Å². The van der Waals surface area contributed by atoms with Crippen molar-refractivity contribution in [2.45, 2.75) is 51.9 Å². The van der Waals surface area contributed by atoms with Crippen LogP contribution in [0.1, 0.15) is 52.0 Å². The first-order valence-electron chi connectivity index (χ1n) is 10.8. The van der Waals surface area contributed by atoms with Crippen LogP contribution >= 0.6 is 0 Å². The first kappa shape index (κ1) is 21.0. The number of nitriles is 1. The van der Waals surface area contributed by atoms with Crippen molar-refractivity contribution in [3.05, 3.63) is 42.2 Å². The molecule has 3 heterocycles. The summed E-state index contributed by atoms with van der Waals surface area (Å²) in [6, 6.07) is 9.63. The smallest absolute Gasteiger partial charge is 0.247 e. The second-order valence-corrected chi connectivity index (χ2v) is 8.92. The van der Waals surface area contributed by atoms with E-state index in [1.165, 1.54) is 0 Å². The quantitative estimate of drug-likeness (QED) is 0.727. The van der Waals surface area contributed by atoms with E-state index in [0.29, 0.717) is 31.0 Å². The van der Waals surface area contributed by atoms with Crippen LogP contribution in [0.5, 0.6) is 0 Å². The van der Waals surface area contributed by atoms with Gasteiger partial charge in [-0.25, -0.2) is 9.97 Å². The van der Waals surface area contributed by atoms with Crippen molar-refractivity contribution in [1.29, 1.82) is 5.26 Å². The highest BCUT2D eigenvalue weighted by Crippen LogP contribution is 2.51. The van der Waals surface area contributed by atoms with Crippen LogP contribution in [0.3, 0.4) is 0 Å². The molecule has 1 amide bonds.